The van der Waals surface area contributed by atoms with Gasteiger partial charge in [-0.05, 0) is 37.5 Å². The minimum Gasteiger partial charge on any atom is -0.493 e. The lowest BCUT2D eigenvalue weighted by Gasteiger charge is -2.22. The molecule has 2 aromatic rings. The van der Waals surface area contributed by atoms with E-state index in [0.29, 0.717) is 50.3 Å². The quantitative estimate of drug-likeness (QED) is 0.240. The monoisotopic (exact) mass is 459 g/mol. The van der Waals surface area contributed by atoms with Crippen molar-refractivity contribution in [3.63, 3.8) is 0 Å². The highest BCUT2D eigenvalue weighted by Gasteiger charge is 2.14. The highest BCUT2D eigenvalue weighted by atomic mass is 16.5. The first-order valence-corrected chi connectivity index (χ1v) is 11.5. The van der Waals surface area contributed by atoms with Gasteiger partial charge in [-0.15, -0.1) is 0 Å². The molecule has 8 heteroatoms. The van der Waals surface area contributed by atoms with E-state index in [1.165, 1.54) is 6.07 Å². The fraction of sp³-hybridized carbons (Fsp3) is 0.520. The Morgan fingerprint density at radius 1 is 1.00 bits per heavy atom. The van der Waals surface area contributed by atoms with Gasteiger partial charge < -0.3 is 18.8 Å². The van der Waals surface area contributed by atoms with Crippen LogP contribution in [-0.4, -0.2) is 48.9 Å². The lowest BCUT2D eigenvalue weighted by Crippen LogP contribution is -2.35. The molecule has 0 spiro atoms. The molecule has 33 heavy (non-hydrogen) atoms. The number of amides is 1. The molecule has 180 valence electrons. The number of esters is 1. The summed E-state index contributed by atoms with van der Waals surface area (Å²) in [5.74, 6) is 0.149. The van der Waals surface area contributed by atoms with Crippen LogP contribution in [-0.2, 0) is 19.1 Å². The van der Waals surface area contributed by atoms with Crippen LogP contribution in [0, 0.1) is 6.92 Å². The van der Waals surface area contributed by atoms with Crippen LogP contribution in [0.5, 0.6) is 5.75 Å². The van der Waals surface area contributed by atoms with Crippen molar-refractivity contribution in [1.29, 1.82) is 0 Å². The second kappa shape index (κ2) is 13.4. The van der Waals surface area contributed by atoms with Crippen LogP contribution in [0.1, 0.15) is 57.9 Å². The fourth-order valence-electron chi connectivity index (χ4n) is 3.36. The van der Waals surface area contributed by atoms with Crippen LogP contribution in [0.3, 0.4) is 0 Å². The van der Waals surface area contributed by atoms with Crippen LogP contribution in [0.4, 0.5) is 0 Å². The Morgan fingerprint density at radius 3 is 2.52 bits per heavy atom. The van der Waals surface area contributed by atoms with Gasteiger partial charge in [0.1, 0.15) is 23.7 Å². The smallest absolute Gasteiger partial charge is 0.336 e. The van der Waals surface area contributed by atoms with Gasteiger partial charge in [0, 0.05) is 43.3 Å². The van der Waals surface area contributed by atoms with Gasteiger partial charge in [0.2, 0.25) is 5.91 Å². The van der Waals surface area contributed by atoms with Gasteiger partial charge in [0.25, 0.3) is 0 Å². The minimum absolute atomic E-state index is 0.0281. The van der Waals surface area contributed by atoms with Crippen LogP contribution in [0.15, 0.2) is 33.5 Å². The molecular weight excluding hydrogens is 426 g/mol. The maximum Gasteiger partial charge on any atom is 0.336 e. The third-order valence-electron chi connectivity index (χ3n) is 5.20. The van der Waals surface area contributed by atoms with Crippen molar-refractivity contribution in [1.82, 2.24) is 4.90 Å². The van der Waals surface area contributed by atoms with Crippen molar-refractivity contribution in [2.24, 2.45) is 0 Å². The number of benzene rings is 1. The van der Waals surface area contributed by atoms with Crippen LogP contribution in [0.25, 0.3) is 11.0 Å². The molecular formula is C25H33NO7. The highest BCUT2D eigenvalue weighted by Crippen LogP contribution is 2.22. The molecule has 0 radical (unpaired) electrons. The number of Topliss-reactive ketones (excluding diaryl/α,β-unsaturated/α-hetero) is 1. The van der Waals surface area contributed by atoms with Crippen molar-refractivity contribution in [2.75, 3.05) is 26.3 Å². The molecule has 0 saturated heterocycles. The maximum absolute atomic E-state index is 12.6. The maximum atomic E-state index is 12.6. The normalized spacial score (nSPS) is 10.8. The Labute approximate surface area is 193 Å². The summed E-state index contributed by atoms with van der Waals surface area (Å²) in [6.45, 7) is 6.94. The van der Waals surface area contributed by atoms with Gasteiger partial charge in [0.05, 0.1) is 19.6 Å². The number of fused-ring (bicyclic) bond motifs is 1. The number of aryl methyl sites for hydroxylation is 1. The Hall–Kier alpha value is -3.16. The first-order valence-electron chi connectivity index (χ1n) is 11.5. The zero-order chi connectivity index (χ0) is 24.2. The SMILES string of the molecule is CCCN(CCOC(=O)CCC(=O)CC)C(=O)CCCOc1ccc2c(C)cc(=O)oc2c1. The van der Waals surface area contributed by atoms with Gasteiger partial charge in [0.15, 0.2) is 0 Å². The van der Waals surface area contributed by atoms with E-state index >= 15 is 0 Å². The van der Waals surface area contributed by atoms with Gasteiger partial charge in [-0.3, -0.25) is 14.4 Å². The molecule has 8 nitrogen and oxygen atoms in total. The van der Waals surface area contributed by atoms with Crippen molar-refractivity contribution in [3.8, 4) is 5.75 Å². The average Bonchev–Trinajstić information content (AvgIpc) is 2.79. The van der Waals surface area contributed by atoms with Crippen molar-refractivity contribution < 1.29 is 28.3 Å². The second-order valence-electron chi connectivity index (χ2n) is 7.85. The molecule has 0 atom stereocenters. The van der Waals surface area contributed by atoms with Crippen molar-refractivity contribution in [3.05, 3.63) is 40.2 Å². The van der Waals surface area contributed by atoms with Crippen molar-refractivity contribution >= 4 is 28.6 Å². The summed E-state index contributed by atoms with van der Waals surface area (Å²) in [7, 11) is 0. The summed E-state index contributed by atoms with van der Waals surface area (Å²) in [6, 6.07) is 6.78. The first kappa shape index (κ1) is 26.1. The molecule has 1 aromatic heterocycles. The summed E-state index contributed by atoms with van der Waals surface area (Å²) in [6.07, 6.45) is 2.30. The molecule has 0 aliphatic heterocycles. The average molecular weight is 460 g/mol. The number of hydrogen-bond donors (Lipinski definition) is 0. The predicted octanol–water partition coefficient (Wildman–Crippen LogP) is 3.80. The van der Waals surface area contributed by atoms with Gasteiger partial charge >= 0.3 is 11.6 Å². The Morgan fingerprint density at radius 2 is 1.79 bits per heavy atom. The molecule has 0 unspecified atom stereocenters. The summed E-state index contributed by atoms with van der Waals surface area (Å²) >= 11 is 0. The molecule has 0 saturated carbocycles. The molecule has 0 aliphatic rings. The Kier molecular flexibility index (Phi) is 10.6. The molecule has 0 aliphatic carbocycles. The standard InChI is InChI=1S/C25H33NO7/c1-4-12-26(13-15-32-24(29)11-8-19(27)5-2)23(28)7-6-14-31-20-9-10-21-18(3)16-25(30)33-22(21)17-20/h9-10,16-17H,4-8,11-15H2,1-3H3. The number of ether oxygens (including phenoxy) is 2. The van der Waals surface area contributed by atoms with E-state index in [9.17, 15) is 19.2 Å². The van der Waals surface area contributed by atoms with E-state index < -0.39 is 11.6 Å². The Bertz CT molecular complexity index is 1010. The summed E-state index contributed by atoms with van der Waals surface area (Å²) in [5, 5.41) is 0.852. The summed E-state index contributed by atoms with van der Waals surface area (Å²) in [4.78, 5) is 48.8. The number of ketones is 1. The minimum atomic E-state index is -0.421. The van der Waals surface area contributed by atoms with E-state index in [4.69, 9.17) is 13.9 Å². The summed E-state index contributed by atoms with van der Waals surface area (Å²) in [5.41, 5.74) is 0.907. The largest absolute Gasteiger partial charge is 0.493 e. The predicted molar refractivity (Wildman–Crippen MR) is 124 cm³/mol. The molecule has 1 aromatic carbocycles. The van der Waals surface area contributed by atoms with E-state index in [1.807, 2.05) is 26.0 Å². The van der Waals surface area contributed by atoms with Gasteiger partial charge in [-0.2, -0.15) is 0 Å². The van der Waals surface area contributed by atoms with Crippen LogP contribution >= 0.6 is 0 Å². The van der Waals surface area contributed by atoms with E-state index in [0.717, 1.165) is 17.4 Å². The van der Waals surface area contributed by atoms with Crippen LogP contribution < -0.4 is 10.4 Å². The van der Waals surface area contributed by atoms with Crippen LogP contribution in [0.2, 0.25) is 0 Å². The molecule has 2 rings (SSSR count). The van der Waals surface area contributed by atoms with E-state index in [2.05, 4.69) is 0 Å². The van der Waals surface area contributed by atoms with Gasteiger partial charge in [-0.25, -0.2) is 4.79 Å². The van der Waals surface area contributed by atoms with Gasteiger partial charge in [-0.1, -0.05) is 13.8 Å². The number of carbonyl (C=O) groups excluding carboxylic acids is 3. The molecule has 1 amide bonds. The molecule has 1 heterocycles. The topological polar surface area (TPSA) is 103 Å². The highest BCUT2D eigenvalue weighted by molar-refractivity contribution is 5.83. The Balaban J connectivity index is 1.75. The number of hydrogen-bond acceptors (Lipinski definition) is 7. The van der Waals surface area contributed by atoms with E-state index in [-0.39, 0.29) is 31.1 Å². The number of rotatable bonds is 14. The third kappa shape index (κ3) is 8.71. The fourth-order valence-corrected chi connectivity index (χ4v) is 3.36. The first-order chi connectivity index (χ1) is 15.8. The summed E-state index contributed by atoms with van der Waals surface area (Å²) < 4.78 is 16.1. The number of carbonyl (C=O) groups is 3. The zero-order valence-corrected chi connectivity index (χ0v) is 19.7. The number of nitrogens with zero attached hydrogens (tertiary/aromatic N) is 1. The molecule has 0 N–H and O–H groups in total. The van der Waals surface area contributed by atoms with Crippen molar-refractivity contribution in [2.45, 2.75) is 59.3 Å². The lowest BCUT2D eigenvalue weighted by atomic mass is 10.1. The molecule has 0 bridgehead atoms. The van der Waals surface area contributed by atoms with E-state index in [1.54, 1.807) is 17.9 Å². The molecule has 0 fully saturated rings. The second-order valence-corrected chi connectivity index (χ2v) is 7.85. The zero-order valence-electron chi connectivity index (χ0n) is 19.7. The third-order valence-corrected chi connectivity index (χ3v) is 5.20. The lowest BCUT2D eigenvalue weighted by molar-refractivity contribution is -0.146.